The molecule has 0 aromatic carbocycles. The average Bonchev–Trinajstić information content (AvgIpc) is 2.96. The van der Waals surface area contributed by atoms with Gasteiger partial charge in [0.1, 0.15) is 5.82 Å². The third kappa shape index (κ3) is 3.96. The maximum atomic E-state index is 12.7. The monoisotopic (exact) mass is 357 g/mol. The van der Waals surface area contributed by atoms with Crippen LogP contribution in [0, 0.1) is 5.92 Å². The minimum atomic E-state index is -4.46. The molecular weight excluding hydrogens is 343 g/mol. The lowest BCUT2D eigenvalue weighted by Gasteiger charge is -2.20. The Morgan fingerprint density at radius 3 is 2.67 bits per heavy atom. The molecule has 2 aromatic heterocycles. The van der Waals surface area contributed by atoms with Crippen LogP contribution in [0.1, 0.15) is 11.1 Å². The molecule has 0 radical (unpaired) electrons. The molecule has 128 valence electrons. The number of anilines is 1. The minimum absolute atomic E-state index is 0.0561. The summed E-state index contributed by atoms with van der Waals surface area (Å²) in [7, 11) is 0. The highest BCUT2D eigenvalue weighted by atomic mass is 35.5. The first-order chi connectivity index (χ1) is 11.4. The molecule has 2 aromatic rings. The van der Waals surface area contributed by atoms with Gasteiger partial charge in [-0.1, -0.05) is 11.6 Å². The third-order valence-corrected chi connectivity index (χ3v) is 4.22. The van der Waals surface area contributed by atoms with Crippen LogP contribution in [0.5, 0.6) is 0 Å². The predicted octanol–water partition coefficient (Wildman–Crippen LogP) is 3.82. The molecule has 2 atom stereocenters. The van der Waals surface area contributed by atoms with E-state index in [-0.39, 0.29) is 22.8 Å². The number of alkyl halides is 3. The van der Waals surface area contributed by atoms with E-state index >= 15 is 0 Å². The number of aromatic nitrogens is 2. The van der Waals surface area contributed by atoms with Gasteiger partial charge in [-0.25, -0.2) is 4.98 Å². The molecule has 1 fully saturated rings. The Labute approximate surface area is 142 Å². The van der Waals surface area contributed by atoms with Gasteiger partial charge in [-0.2, -0.15) is 13.2 Å². The molecule has 1 saturated heterocycles. The lowest BCUT2D eigenvalue weighted by Crippen LogP contribution is -2.30. The van der Waals surface area contributed by atoms with Crippen molar-refractivity contribution in [1.82, 2.24) is 9.97 Å². The van der Waals surface area contributed by atoms with E-state index < -0.39 is 11.7 Å². The van der Waals surface area contributed by atoms with Gasteiger partial charge in [0.15, 0.2) is 0 Å². The van der Waals surface area contributed by atoms with E-state index in [1.165, 1.54) is 0 Å². The topological polar surface area (TPSA) is 47.0 Å². The fourth-order valence-electron chi connectivity index (χ4n) is 2.66. The predicted molar refractivity (Wildman–Crippen MR) is 83.9 cm³/mol. The average molecular weight is 358 g/mol. The van der Waals surface area contributed by atoms with E-state index in [0.29, 0.717) is 13.2 Å². The quantitative estimate of drug-likeness (QED) is 0.903. The summed E-state index contributed by atoms with van der Waals surface area (Å²) in [5, 5.41) is 3.05. The lowest BCUT2D eigenvalue weighted by molar-refractivity contribution is -0.137. The third-order valence-electron chi connectivity index (χ3n) is 3.94. The molecule has 0 amide bonds. The van der Waals surface area contributed by atoms with Crippen molar-refractivity contribution < 1.29 is 17.9 Å². The molecule has 0 spiro atoms. The molecule has 0 unspecified atom stereocenters. The molecule has 3 rings (SSSR count). The van der Waals surface area contributed by atoms with Crippen LogP contribution in [0.4, 0.5) is 19.0 Å². The summed E-state index contributed by atoms with van der Waals surface area (Å²) in [5.41, 5.74) is 0.257. The second-order valence-corrected chi connectivity index (χ2v) is 6.07. The molecular formula is C16H15ClF3N3O. The van der Waals surface area contributed by atoms with Crippen LogP contribution >= 0.6 is 11.6 Å². The Kier molecular flexibility index (Phi) is 4.91. The highest BCUT2D eigenvalue weighted by Gasteiger charge is 2.33. The van der Waals surface area contributed by atoms with Crippen molar-refractivity contribution in [2.24, 2.45) is 5.92 Å². The summed E-state index contributed by atoms with van der Waals surface area (Å²) in [6, 6.07) is 4.67. The fraction of sp³-hybridized carbons (Fsp3) is 0.375. The first-order valence-electron chi connectivity index (χ1n) is 7.39. The van der Waals surface area contributed by atoms with Gasteiger partial charge in [0.25, 0.3) is 0 Å². The van der Waals surface area contributed by atoms with Crippen molar-refractivity contribution in [2.45, 2.75) is 18.6 Å². The molecule has 4 nitrogen and oxygen atoms in total. The summed E-state index contributed by atoms with van der Waals surface area (Å²) >= 11 is 5.95. The minimum Gasteiger partial charge on any atom is -0.379 e. The second kappa shape index (κ2) is 6.94. The van der Waals surface area contributed by atoms with Gasteiger partial charge < -0.3 is 10.1 Å². The molecule has 1 N–H and O–H groups in total. The van der Waals surface area contributed by atoms with Crippen molar-refractivity contribution in [2.75, 3.05) is 18.5 Å². The Balaban J connectivity index is 1.70. The summed E-state index contributed by atoms with van der Waals surface area (Å²) in [6.45, 7) is 1.02. The Morgan fingerprint density at radius 1 is 1.25 bits per heavy atom. The zero-order chi connectivity index (χ0) is 17.2. The zero-order valence-corrected chi connectivity index (χ0v) is 13.3. The number of hydrogen-bond donors (Lipinski definition) is 1. The van der Waals surface area contributed by atoms with Crippen LogP contribution in [0.15, 0.2) is 36.8 Å². The molecule has 0 aliphatic carbocycles. The van der Waals surface area contributed by atoms with Gasteiger partial charge in [-0.3, -0.25) is 4.98 Å². The first kappa shape index (κ1) is 17.0. The van der Waals surface area contributed by atoms with E-state index in [1.54, 1.807) is 12.4 Å². The number of hydrogen-bond acceptors (Lipinski definition) is 4. The standard InChI is InChI=1S/C16H15ClF3N3O/c17-13-6-12(16(18,19)20)7-22-15(13)23-14-9-24-8-11(14)5-10-1-3-21-4-2-10/h1-4,6-7,11,14H,5,8-9H2,(H,22,23)/t11-,14-/m1/s1. The second-order valence-electron chi connectivity index (χ2n) is 5.66. The van der Waals surface area contributed by atoms with Crippen LogP contribution in [0.3, 0.4) is 0 Å². The number of rotatable bonds is 4. The van der Waals surface area contributed by atoms with Gasteiger partial charge in [0.05, 0.1) is 29.8 Å². The number of halogens is 4. The Hall–Kier alpha value is -1.86. The summed E-state index contributed by atoms with van der Waals surface area (Å²) < 4.78 is 43.5. The van der Waals surface area contributed by atoms with Crippen LogP contribution in [0.2, 0.25) is 5.02 Å². The van der Waals surface area contributed by atoms with E-state index in [9.17, 15) is 13.2 Å². The molecule has 8 heteroatoms. The van der Waals surface area contributed by atoms with Crippen LogP contribution in [-0.2, 0) is 17.3 Å². The first-order valence-corrected chi connectivity index (χ1v) is 7.77. The maximum absolute atomic E-state index is 12.7. The van der Waals surface area contributed by atoms with Gasteiger partial charge in [-0.05, 0) is 30.2 Å². The van der Waals surface area contributed by atoms with Crippen LogP contribution < -0.4 is 5.32 Å². The van der Waals surface area contributed by atoms with Crippen molar-refractivity contribution in [3.63, 3.8) is 0 Å². The Bertz CT molecular complexity index is 697. The summed E-state index contributed by atoms with van der Waals surface area (Å²) in [4.78, 5) is 7.80. The van der Waals surface area contributed by atoms with E-state index in [0.717, 1.165) is 24.2 Å². The lowest BCUT2D eigenvalue weighted by atomic mass is 9.95. The van der Waals surface area contributed by atoms with Gasteiger partial charge in [0.2, 0.25) is 0 Å². The normalized spacial score (nSPS) is 21.0. The maximum Gasteiger partial charge on any atom is 0.417 e. The molecule has 1 aliphatic heterocycles. The molecule has 24 heavy (non-hydrogen) atoms. The summed E-state index contributed by atoms with van der Waals surface area (Å²) in [6.07, 6.45) is 0.541. The van der Waals surface area contributed by atoms with E-state index in [2.05, 4.69) is 15.3 Å². The van der Waals surface area contributed by atoms with Crippen molar-refractivity contribution in [1.29, 1.82) is 0 Å². The molecule has 3 heterocycles. The SMILES string of the molecule is FC(F)(F)c1cnc(N[C@@H]2COC[C@H]2Cc2ccncc2)c(Cl)c1. The molecule has 1 aliphatic rings. The number of nitrogens with zero attached hydrogens (tertiary/aromatic N) is 2. The Morgan fingerprint density at radius 2 is 2.00 bits per heavy atom. The van der Waals surface area contributed by atoms with Gasteiger partial charge in [0, 0.05) is 24.5 Å². The summed E-state index contributed by atoms with van der Waals surface area (Å²) in [5.74, 6) is 0.410. The molecule has 0 saturated carbocycles. The van der Waals surface area contributed by atoms with E-state index in [4.69, 9.17) is 16.3 Å². The van der Waals surface area contributed by atoms with E-state index in [1.807, 2.05) is 12.1 Å². The van der Waals surface area contributed by atoms with Crippen molar-refractivity contribution >= 4 is 17.4 Å². The number of pyridine rings is 2. The van der Waals surface area contributed by atoms with Crippen molar-refractivity contribution in [3.8, 4) is 0 Å². The largest absolute Gasteiger partial charge is 0.417 e. The van der Waals surface area contributed by atoms with Crippen LogP contribution in [0.25, 0.3) is 0 Å². The highest BCUT2D eigenvalue weighted by Crippen LogP contribution is 2.33. The van der Waals surface area contributed by atoms with Crippen LogP contribution in [-0.4, -0.2) is 29.2 Å². The smallest absolute Gasteiger partial charge is 0.379 e. The fourth-order valence-corrected chi connectivity index (χ4v) is 2.88. The number of nitrogens with one attached hydrogen (secondary N) is 1. The zero-order valence-electron chi connectivity index (χ0n) is 12.6. The van der Waals surface area contributed by atoms with Crippen molar-refractivity contribution in [3.05, 3.63) is 52.9 Å². The van der Waals surface area contributed by atoms with Gasteiger partial charge in [-0.15, -0.1) is 0 Å². The molecule has 0 bridgehead atoms. The highest BCUT2D eigenvalue weighted by molar-refractivity contribution is 6.33. The number of ether oxygens (including phenoxy) is 1. The van der Waals surface area contributed by atoms with Gasteiger partial charge >= 0.3 is 6.18 Å².